The Kier molecular flexibility index (Phi) is 4.92. The maximum absolute atomic E-state index is 12.6. The Bertz CT molecular complexity index is 337. The molecule has 0 bridgehead atoms. The number of carbonyl (C=O) groups excluding carboxylic acids is 1. The van der Waals surface area contributed by atoms with Gasteiger partial charge in [0.1, 0.15) is 5.82 Å². The van der Waals surface area contributed by atoms with Crippen molar-refractivity contribution < 1.29 is 13.9 Å². The Morgan fingerprint density at radius 1 is 1.44 bits per heavy atom. The Balaban J connectivity index is 2.34. The number of nitrogens with one attached hydrogen (secondary N) is 1. The van der Waals surface area contributed by atoms with Gasteiger partial charge in [-0.3, -0.25) is 4.79 Å². The van der Waals surface area contributed by atoms with Crippen molar-refractivity contribution >= 4 is 5.97 Å². The summed E-state index contributed by atoms with van der Waals surface area (Å²) in [6.07, 6.45) is 0.331. The van der Waals surface area contributed by atoms with Crippen LogP contribution in [-0.2, 0) is 16.1 Å². The molecular weight excluding hydrogens is 209 g/mol. The second-order valence-electron chi connectivity index (χ2n) is 3.69. The predicted molar refractivity (Wildman–Crippen MR) is 59.3 cm³/mol. The molecule has 1 N–H and O–H groups in total. The van der Waals surface area contributed by atoms with Gasteiger partial charge < -0.3 is 10.1 Å². The predicted octanol–water partition coefficient (Wildman–Crippen LogP) is 1.87. The van der Waals surface area contributed by atoms with Crippen molar-refractivity contribution in [1.82, 2.24) is 5.32 Å². The van der Waals surface area contributed by atoms with E-state index in [2.05, 4.69) is 10.1 Å². The van der Waals surface area contributed by atoms with Gasteiger partial charge in [-0.05, 0) is 24.6 Å². The minimum absolute atomic E-state index is 0.0394. The number of esters is 1. The first-order chi connectivity index (χ1) is 7.61. The fourth-order valence-electron chi connectivity index (χ4n) is 1.30. The lowest BCUT2D eigenvalue weighted by molar-refractivity contribution is -0.141. The fourth-order valence-corrected chi connectivity index (χ4v) is 1.30. The van der Waals surface area contributed by atoms with Crippen LogP contribution in [0.4, 0.5) is 4.39 Å². The van der Waals surface area contributed by atoms with E-state index in [9.17, 15) is 9.18 Å². The highest BCUT2D eigenvalue weighted by Crippen LogP contribution is 2.03. The van der Waals surface area contributed by atoms with Crippen LogP contribution in [0.15, 0.2) is 24.3 Å². The van der Waals surface area contributed by atoms with Crippen LogP contribution in [0.3, 0.4) is 0 Å². The van der Waals surface area contributed by atoms with E-state index in [1.807, 2.05) is 6.92 Å². The zero-order valence-corrected chi connectivity index (χ0v) is 9.50. The average molecular weight is 225 g/mol. The third kappa shape index (κ3) is 4.40. The molecule has 3 nitrogen and oxygen atoms in total. The molecule has 0 radical (unpaired) electrons. The normalized spacial score (nSPS) is 12.2. The molecule has 0 heterocycles. The molecule has 1 atom stereocenters. The molecule has 1 aromatic rings. The lowest BCUT2D eigenvalue weighted by atomic mass is 10.2. The first kappa shape index (κ1) is 12.6. The number of hydrogen-bond acceptors (Lipinski definition) is 3. The SMILES string of the molecule is COC(=O)C[C@@H](C)NCc1ccc(F)cc1. The van der Waals surface area contributed by atoms with Crippen LogP contribution in [0.5, 0.6) is 0 Å². The summed E-state index contributed by atoms with van der Waals surface area (Å²) < 4.78 is 17.2. The van der Waals surface area contributed by atoms with Gasteiger partial charge in [-0.1, -0.05) is 12.1 Å². The zero-order valence-electron chi connectivity index (χ0n) is 9.50. The van der Waals surface area contributed by atoms with Crippen molar-refractivity contribution in [2.45, 2.75) is 25.9 Å². The van der Waals surface area contributed by atoms with E-state index in [1.54, 1.807) is 12.1 Å². The number of rotatable bonds is 5. The molecular formula is C12H16FNO2. The summed E-state index contributed by atoms with van der Waals surface area (Å²) in [4.78, 5) is 11.0. The molecule has 1 rings (SSSR count). The fraction of sp³-hybridized carbons (Fsp3) is 0.417. The van der Waals surface area contributed by atoms with Crippen molar-refractivity contribution in [3.05, 3.63) is 35.6 Å². The van der Waals surface area contributed by atoms with Crippen LogP contribution in [-0.4, -0.2) is 19.1 Å². The highest BCUT2D eigenvalue weighted by molar-refractivity contribution is 5.69. The molecule has 4 heteroatoms. The summed E-state index contributed by atoms with van der Waals surface area (Å²) in [5, 5.41) is 3.16. The van der Waals surface area contributed by atoms with Crippen LogP contribution in [0.2, 0.25) is 0 Å². The molecule has 16 heavy (non-hydrogen) atoms. The maximum atomic E-state index is 12.6. The maximum Gasteiger partial charge on any atom is 0.307 e. The third-order valence-corrected chi connectivity index (χ3v) is 2.27. The number of ether oxygens (including phenoxy) is 1. The Morgan fingerprint density at radius 3 is 2.62 bits per heavy atom. The van der Waals surface area contributed by atoms with Crippen LogP contribution in [0.1, 0.15) is 18.9 Å². The molecule has 0 amide bonds. The highest BCUT2D eigenvalue weighted by atomic mass is 19.1. The van der Waals surface area contributed by atoms with E-state index in [1.165, 1.54) is 19.2 Å². The molecule has 0 aliphatic rings. The molecule has 1 aromatic carbocycles. The summed E-state index contributed by atoms with van der Waals surface area (Å²) in [6.45, 7) is 2.51. The second kappa shape index (κ2) is 6.23. The minimum Gasteiger partial charge on any atom is -0.469 e. The number of halogens is 1. The van der Waals surface area contributed by atoms with Crippen LogP contribution < -0.4 is 5.32 Å². The van der Waals surface area contributed by atoms with Gasteiger partial charge in [0.25, 0.3) is 0 Å². The molecule has 0 aromatic heterocycles. The molecule has 0 aliphatic heterocycles. The highest BCUT2D eigenvalue weighted by Gasteiger charge is 2.08. The average Bonchev–Trinajstić information content (AvgIpc) is 2.28. The Morgan fingerprint density at radius 2 is 2.06 bits per heavy atom. The molecule has 0 unspecified atom stereocenters. The summed E-state index contributed by atoms with van der Waals surface area (Å²) in [7, 11) is 1.37. The van der Waals surface area contributed by atoms with Crippen molar-refractivity contribution in [2.75, 3.05) is 7.11 Å². The van der Waals surface area contributed by atoms with Crippen molar-refractivity contribution in [3.8, 4) is 0 Å². The van der Waals surface area contributed by atoms with Gasteiger partial charge in [-0.15, -0.1) is 0 Å². The first-order valence-corrected chi connectivity index (χ1v) is 5.16. The van der Waals surface area contributed by atoms with Crippen LogP contribution in [0.25, 0.3) is 0 Å². The van der Waals surface area contributed by atoms with Gasteiger partial charge in [0.15, 0.2) is 0 Å². The van der Waals surface area contributed by atoms with E-state index >= 15 is 0 Å². The second-order valence-corrected chi connectivity index (χ2v) is 3.69. The van der Waals surface area contributed by atoms with E-state index in [4.69, 9.17) is 0 Å². The molecule has 0 aliphatic carbocycles. The minimum atomic E-state index is -0.244. The van der Waals surface area contributed by atoms with Gasteiger partial charge in [-0.25, -0.2) is 4.39 Å². The van der Waals surface area contributed by atoms with Crippen molar-refractivity contribution in [2.24, 2.45) is 0 Å². The van der Waals surface area contributed by atoms with Crippen LogP contribution in [0, 0.1) is 5.82 Å². The third-order valence-electron chi connectivity index (χ3n) is 2.27. The largest absolute Gasteiger partial charge is 0.469 e. The van der Waals surface area contributed by atoms with Gasteiger partial charge in [0, 0.05) is 12.6 Å². The van der Waals surface area contributed by atoms with E-state index in [-0.39, 0.29) is 17.8 Å². The van der Waals surface area contributed by atoms with Crippen LogP contribution >= 0.6 is 0 Å². The summed E-state index contributed by atoms with van der Waals surface area (Å²) in [5.74, 6) is -0.481. The van der Waals surface area contributed by atoms with E-state index in [0.717, 1.165) is 5.56 Å². The lowest BCUT2D eigenvalue weighted by Gasteiger charge is -2.12. The summed E-state index contributed by atoms with van der Waals surface area (Å²) in [6, 6.07) is 6.31. The number of hydrogen-bond donors (Lipinski definition) is 1. The molecule has 88 valence electrons. The number of carbonyl (C=O) groups is 1. The Hall–Kier alpha value is -1.42. The van der Waals surface area contributed by atoms with Gasteiger partial charge in [0.2, 0.25) is 0 Å². The van der Waals surface area contributed by atoms with Gasteiger partial charge >= 0.3 is 5.97 Å². The Labute approximate surface area is 94.6 Å². The van der Waals surface area contributed by atoms with Gasteiger partial charge in [-0.2, -0.15) is 0 Å². The topological polar surface area (TPSA) is 38.3 Å². The monoisotopic (exact) mass is 225 g/mol. The summed E-state index contributed by atoms with van der Waals surface area (Å²) >= 11 is 0. The van der Waals surface area contributed by atoms with Crippen molar-refractivity contribution in [1.29, 1.82) is 0 Å². The summed E-state index contributed by atoms with van der Waals surface area (Å²) in [5.41, 5.74) is 0.984. The number of methoxy groups -OCH3 is 1. The molecule has 0 spiro atoms. The quantitative estimate of drug-likeness (QED) is 0.777. The van der Waals surface area contributed by atoms with Gasteiger partial charge in [0.05, 0.1) is 13.5 Å². The molecule has 0 fully saturated rings. The van der Waals surface area contributed by atoms with Crippen molar-refractivity contribution in [3.63, 3.8) is 0 Å². The molecule has 0 saturated carbocycles. The molecule has 0 saturated heterocycles. The standard InChI is InChI=1S/C12H16FNO2/c1-9(7-12(15)16-2)14-8-10-3-5-11(13)6-4-10/h3-6,9,14H,7-8H2,1-2H3/t9-/m1/s1. The lowest BCUT2D eigenvalue weighted by Crippen LogP contribution is -2.28. The van der Waals surface area contributed by atoms with E-state index in [0.29, 0.717) is 13.0 Å². The van der Waals surface area contributed by atoms with E-state index < -0.39 is 0 Å². The first-order valence-electron chi connectivity index (χ1n) is 5.16. The zero-order chi connectivity index (χ0) is 12.0. The number of benzene rings is 1. The smallest absolute Gasteiger partial charge is 0.307 e.